The molecule has 0 aromatic heterocycles. The SMILES string of the molecule is CCOC(=O)CCN(CC1CC1)C(=O)/C=C\c1cccc2ccccc12. The van der Waals surface area contributed by atoms with Gasteiger partial charge in [-0.1, -0.05) is 42.5 Å². The molecule has 2 aromatic carbocycles. The summed E-state index contributed by atoms with van der Waals surface area (Å²) in [6.07, 6.45) is 6.06. The molecule has 1 aliphatic rings. The molecule has 2 aromatic rings. The largest absolute Gasteiger partial charge is 0.466 e. The lowest BCUT2D eigenvalue weighted by Gasteiger charge is -2.20. The fourth-order valence-corrected chi connectivity index (χ4v) is 3.03. The number of hydrogen-bond acceptors (Lipinski definition) is 3. The van der Waals surface area contributed by atoms with Gasteiger partial charge in [-0.3, -0.25) is 9.59 Å². The molecule has 0 heterocycles. The van der Waals surface area contributed by atoms with Gasteiger partial charge in [-0.25, -0.2) is 0 Å². The van der Waals surface area contributed by atoms with Crippen LogP contribution in [-0.2, 0) is 14.3 Å². The molecule has 1 amide bonds. The van der Waals surface area contributed by atoms with E-state index in [4.69, 9.17) is 4.74 Å². The highest BCUT2D eigenvalue weighted by atomic mass is 16.5. The van der Waals surface area contributed by atoms with Crippen molar-refractivity contribution in [1.29, 1.82) is 0 Å². The maximum atomic E-state index is 12.7. The van der Waals surface area contributed by atoms with Gasteiger partial charge in [0.05, 0.1) is 13.0 Å². The molecule has 0 aliphatic heterocycles. The zero-order valence-electron chi connectivity index (χ0n) is 15.2. The number of nitrogens with zero attached hydrogens (tertiary/aromatic N) is 1. The Labute approximate surface area is 154 Å². The Kier molecular flexibility index (Phi) is 6.05. The summed E-state index contributed by atoms with van der Waals surface area (Å²) >= 11 is 0. The van der Waals surface area contributed by atoms with E-state index in [1.54, 1.807) is 17.9 Å². The van der Waals surface area contributed by atoms with Crippen LogP contribution in [0.15, 0.2) is 48.5 Å². The highest BCUT2D eigenvalue weighted by Crippen LogP contribution is 2.30. The third-order valence-corrected chi connectivity index (χ3v) is 4.61. The Morgan fingerprint density at radius 3 is 2.69 bits per heavy atom. The minimum absolute atomic E-state index is 0.0471. The van der Waals surface area contributed by atoms with Gasteiger partial charge >= 0.3 is 5.97 Å². The normalized spacial score (nSPS) is 13.9. The summed E-state index contributed by atoms with van der Waals surface area (Å²) in [4.78, 5) is 26.1. The molecule has 4 nitrogen and oxygen atoms in total. The number of rotatable bonds is 8. The van der Waals surface area contributed by atoms with E-state index in [1.165, 1.54) is 0 Å². The van der Waals surface area contributed by atoms with Gasteiger partial charge in [0.1, 0.15) is 0 Å². The molecule has 4 heteroatoms. The molecule has 3 rings (SSSR count). The average Bonchev–Trinajstić information content (AvgIpc) is 3.47. The van der Waals surface area contributed by atoms with Gasteiger partial charge in [0, 0.05) is 19.2 Å². The summed E-state index contributed by atoms with van der Waals surface area (Å²) < 4.78 is 4.98. The van der Waals surface area contributed by atoms with Crippen molar-refractivity contribution >= 4 is 28.7 Å². The van der Waals surface area contributed by atoms with Crippen molar-refractivity contribution in [1.82, 2.24) is 4.90 Å². The van der Waals surface area contributed by atoms with Crippen LogP contribution in [0.25, 0.3) is 16.8 Å². The third kappa shape index (κ3) is 4.94. The topological polar surface area (TPSA) is 46.6 Å². The standard InChI is InChI=1S/C22H25NO3/c1-2-26-22(25)14-15-23(16-17-10-11-17)21(24)13-12-19-8-5-7-18-6-3-4-9-20(18)19/h3-9,12-13,17H,2,10-11,14-16H2,1H3/b13-12-. The lowest BCUT2D eigenvalue weighted by molar-refractivity contribution is -0.143. The Morgan fingerprint density at radius 1 is 1.15 bits per heavy atom. The number of esters is 1. The molecule has 0 spiro atoms. The van der Waals surface area contributed by atoms with Gasteiger partial charge < -0.3 is 9.64 Å². The van der Waals surface area contributed by atoms with E-state index in [1.807, 2.05) is 30.3 Å². The quantitative estimate of drug-likeness (QED) is 0.532. The number of hydrogen-bond donors (Lipinski definition) is 0. The number of fused-ring (bicyclic) bond motifs is 1. The Morgan fingerprint density at radius 2 is 1.92 bits per heavy atom. The second-order valence-electron chi connectivity index (χ2n) is 6.68. The zero-order valence-corrected chi connectivity index (χ0v) is 15.2. The van der Waals surface area contributed by atoms with Gasteiger partial charge in [-0.15, -0.1) is 0 Å². The van der Waals surface area contributed by atoms with Gasteiger partial charge in [0.2, 0.25) is 5.91 Å². The molecule has 1 fully saturated rings. The maximum absolute atomic E-state index is 12.7. The van der Waals surface area contributed by atoms with Crippen LogP contribution in [0.3, 0.4) is 0 Å². The third-order valence-electron chi connectivity index (χ3n) is 4.61. The Balaban J connectivity index is 1.69. The molecule has 0 saturated heterocycles. The number of carbonyl (C=O) groups excluding carboxylic acids is 2. The summed E-state index contributed by atoms with van der Waals surface area (Å²) in [5.41, 5.74) is 1.02. The monoisotopic (exact) mass is 351 g/mol. The van der Waals surface area contributed by atoms with E-state index in [0.29, 0.717) is 19.1 Å². The summed E-state index contributed by atoms with van der Waals surface area (Å²) in [6, 6.07) is 14.2. The fourth-order valence-electron chi connectivity index (χ4n) is 3.03. The minimum atomic E-state index is -0.251. The second-order valence-corrected chi connectivity index (χ2v) is 6.68. The lowest BCUT2D eigenvalue weighted by Crippen LogP contribution is -2.33. The van der Waals surface area contributed by atoms with Crippen molar-refractivity contribution in [2.24, 2.45) is 5.92 Å². The van der Waals surface area contributed by atoms with Crippen LogP contribution in [0.4, 0.5) is 0 Å². The molecule has 0 N–H and O–H groups in total. The predicted molar refractivity (Wildman–Crippen MR) is 104 cm³/mol. The molecule has 26 heavy (non-hydrogen) atoms. The maximum Gasteiger partial charge on any atom is 0.307 e. The highest BCUT2D eigenvalue weighted by molar-refractivity contribution is 5.96. The molecular formula is C22H25NO3. The zero-order chi connectivity index (χ0) is 18.4. The number of carbonyl (C=O) groups is 2. The molecule has 0 atom stereocenters. The van der Waals surface area contributed by atoms with Crippen LogP contribution in [0, 0.1) is 5.92 Å². The van der Waals surface area contributed by atoms with Crippen molar-refractivity contribution in [3.8, 4) is 0 Å². The molecule has 0 unspecified atom stereocenters. The van der Waals surface area contributed by atoms with Crippen molar-refractivity contribution in [2.45, 2.75) is 26.2 Å². The molecule has 0 radical (unpaired) electrons. The highest BCUT2D eigenvalue weighted by Gasteiger charge is 2.26. The van der Waals surface area contributed by atoms with Gasteiger partial charge in [-0.05, 0) is 48.1 Å². The lowest BCUT2D eigenvalue weighted by atomic mass is 10.0. The molecule has 136 valence electrons. The summed E-state index contributed by atoms with van der Waals surface area (Å²) in [7, 11) is 0. The summed E-state index contributed by atoms with van der Waals surface area (Å²) in [6.45, 7) is 3.29. The first-order valence-electron chi connectivity index (χ1n) is 9.27. The van der Waals surface area contributed by atoms with Crippen molar-refractivity contribution in [3.63, 3.8) is 0 Å². The Bertz CT molecular complexity index is 803. The fraction of sp³-hybridized carbons (Fsp3) is 0.364. The predicted octanol–water partition coefficient (Wildman–Crippen LogP) is 4.04. The van der Waals surface area contributed by atoms with E-state index in [0.717, 1.165) is 35.7 Å². The molecule has 0 bridgehead atoms. The first-order chi connectivity index (χ1) is 12.7. The molecular weight excluding hydrogens is 326 g/mol. The van der Waals surface area contributed by atoms with Crippen molar-refractivity contribution in [3.05, 3.63) is 54.1 Å². The van der Waals surface area contributed by atoms with Crippen LogP contribution in [0.5, 0.6) is 0 Å². The van der Waals surface area contributed by atoms with E-state index in [-0.39, 0.29) is 18.3 Å². The number of ether oxygens (including phenoxy) is 1. The van der Waals surface area contributed by atoms with Crippen LogP contribution in [-0.4, -0.2) is 36.5 Å². The number of benzene rings is 2. The van der Waals surface area contributed by atoms with Crippen LogP contribution >= 0.6 is 0 Å². The summed E-state index contributed by atoms with van der Waals surface area (Å²) in [5, 5.41) is 2.28. The molecule has 1 saturated carbocycles. The number of amides is 1. The smallest absolute Gasteiger partial charge is 0.307 e. The van der Waals surface area contributed by atoms with Gasteiger partial charge in [-0.2, -0.15) is 0 Å². The van der Waals surface area contributed by atoms with E-state index in [2.05, 4.69) is 18.2 Å². The van der Waals surface area contributed by atoms with E-state index < -0.39 is 0 Å². The average molecular weight is 351 g/mol. The first kappa shape index (κ1) is 18.2. The van der Waals surface area contributed by atoms with Crippen LogP contribution in [0.1, 0.15) is 31.7 Å². The van der Waals surface area contributed by atoms with Crippen LogP contribution in [0.2, 0.25) is 0 Å². The van der Waals surface area contributed by atoms with Crippen molar-refractivity contribution in [2.75, 3.05) is 19.7 Å². The van der Waals surface area contributed by atoms with Gasteiger partial charge in [0.15, 0.2) is 0 Å². The Hall–Kier alpha value is -2.62. The van der Waals surface area contributed by atoms with E-state index >= 15 is 0 Å². The molecule has 1 aliphatic carbocycles. The van der Waals surface area contributed by atoms with Crippen molar-refractivity contribution < 1.29 is 14.3 Å². The summed E-state index contributed by atoms with van der Waals surface area (Å²) in [5.74, 6) is 0.278. The van der Waals surface area contributed by atoms with Gasteiger partial charge in [0.25, 0.3) is 0 Å². The van der Waals surface area contributed by atoms with Crippen LogP contribution < -0.4 is 0 Å². The first-order valence-corrected chi connectivity index (χ1v) is 9.27. The van der Waals surface area contributed by atoms with E-state index in [9.17, 15) is 9.59 Å². The minimum Gasteiger partial charge on any atom is -0.466 e. The second kappa shape index (κ2) is 8.65.